The highest BCUT2D eigenvalue weighted by molar-refractivity contribution is 5.84. The van der Waals surface area contributed by atoms with Gasteiger partial charge in [0.25, 0.3) is 0 Å². The molecule has 1 N–H and O–H groups in total. The molecule has 1 heterocycles. The summed E-state index contributed by atoms with van der Waals surface area (Å²) in [5.74, 6) is -0.442. The quantitative estimate of drug-likeness (QED) is 0.659. The molecule has 0 saturated carbocycles. The molecule has 0 aliphatic carbocycles. The van der Waals surface area contributed by atoms with Gasteiger partial charge < -0.3 is 9.84 Å². The predicted octanol–water partition coefficient (Wildman–Crippen LogP) is 2.21. The third-order valence-corrected chi connectivity index (χ3v) is 3.12. The second kappa shape index (κ2) is 8.63. The second-order valence-electron chi connectivity index (χ2n) is 4.66. The summed E-state index contributed by atoms with van der Waals surface area (Å²) in [6.07, 6.45) is 6.21. The number of hydrogen-bond donors (Lipinski definition) is 1. The molecular weight excluding hydrogens is 246 g/mol. The fourth-order valence-electron chi connectivity index (χ4n) is 1.81. The van der Waals surface area contributed by atoms with Crippen LogP contribution in [0.3, 0.4) is 0 Å². The Labute approximate surface area is 113 Å². The zero-order valence-corrected chi connectivity index (χ0v) is 11.7. The number of hydrogen-bond acceptors (Lipinski definition) is 4. The van der Waals surface area contributed by atoms with Crippen LogP contribution < -0.4 is 0 Å². The first-order valence-electron chi connectivity index (χ1n) is 6.88. The fraction of sp³-hybridized carbons (Fsp3) is 0.769. The van der Waals surface area contributed by atoms with Crippen LogP contribution in [0.2, 0.25) is 0 Å². The Morgan fingerprint density at radius 1 is 1.53 bits per heavy atom. The van der Waals surface area contributed by atoms with E-state index in [1.165, 1.54) is 30.1 Å². The molecular formula is C13H23N3O3. The number of carboxylic acids is 1. The molecule has 108 valence electrons. The number of carboxylic acid groups (broad SMARTS) is 1. The van der Waals surface area contributed by atoms with Crippen LogP contribution >= 0.6 is 0 Å². The van der Waals surface area contributed by atoms with Crippen molar-refractivity contribution in [3.05, 3.63) is 11.9 Å². The van der Waals surface area contributed by atoms with Gasteiger partial charge >= 0.3 is 5.97 Å². The lowest BCUT2D eigenvalue weighted by Crippen LogP contribution is -2.13. The SMILES string of the molecule is CCCCC(CC)COCCn1cc(C(=O)O)nn1. The van der Waals surface area contributed by atoms with Gasteiger partial charge in [0.05, 0.1) is 19.3 Å². The molecule has 0 fully saturated rings. The lowest BCUT2D eigenvalue weighted by atomic mass is 10.0. The molecule has 1 atom stereocenters. The first-order chi connectivity index (χ1) is 9.17. The van der Waals surface area contributed by atoms with Gasteiger partial charge in [0, 0.05) is 6.61 Å². The highest BCUT2D eigenvalue weighted by Crippen LogP contribution is 2.12. The Balaban J connectivity index is 2.20. The van der Waals surface area contributed by atoms with Crippen LogP contribution in [-0.4, -0.2) is 39.3 Å². The third kappa shape index (κ3) is 5.83. The molecule has 0 saturated heterocycles. The van der Waals surface area contributed by atoms with Crippen LogP contribution in [0.4, 0.5) is 0 Å². The topological polar surface area (TPSA) is 77.2 Å². The van der Waals surface area contributed by atoms with E-state index in [2.05, 4.69) is 24.2 Å². The zero-order valence-electron chi connectivity index (χ0n) is 11.7. The van der Waals surface area contributed by atoms with Gasteiger partial charge in [-0.1, -0.05) is 38.3 Å². The molecule has 1 unspecified atom stereocenters. The summed E-state index contributed by atoms with van der Waals surface area (Å²) in [5, 5.41) is 16.0. The number of aromatic nitrogens is 3. The Bertz CT molecular complexity index is 379. The van der Waals surface area contributed by atoms with Gasteiger partial charge in [-0.25, -0.2) is 9.48 Å². The number of carbonyl (C=O) groups is 1. The van der Waals surface area contributed by atoms with Crippen LogP contribution in [0.5, 0.6) is 0 Å². The van der Waals surface area contributed by atoms with E-state index in [1.807, 2.05) is 0 Å². The normalized spacial score (nSPS) is 12.5. The molecule has 0 radical (unpaired) electrons. The van der Waals surface area contributed by atoms with Crippen LogP contribution in [0.1, 0.15) is 50.0 Å². The van der Waals surface area contributed by atoms with Gasteiger partial charge in [-0.05, 0) is 12.3 Å². The Morgan fingerprint density at radius 2 is 2.32 bits per heavy atom. The second-order valence-corrected chi connectivity index (χ2v) is 4.66. The molecule has 0 amide bonds. The summed E-state index contributed by atoms with van der Waals surface area (Å²) in [6, 6.07) is 0. The number of ether oxygens (including phenoxy) is 1. The zero-order chi connectivity index (χ0) is 14.1. The summed E-state index contributed by atoms with van der Waals surface area (Å²) >= 11 is 0. The van der Waals surface area contributed by atoms with Crippen LogP contribution in [-0.2, 0) is 11.3 Å². The molecule has 19 heavy (non-hydrogen) atoms. The summed E-state index contributed by atoms with van der Waals surface area (Å²) in [7, 11) is 0. The summed E-state index contributed by atoms with van der Waals surface area (Å²) in [6.45, 7) is 6.20. The summed E-state index contributed by atoms with van der Waals surface area (Å²) < 4.78 is 7.12. The smallest absolute Gasteiger partial charge is 0.358 e. The van der Waals surface area contributed by atoms with Gasteiger partial charge in [-0.3, -0.25) is 0 Å². The molecule has 6 nitrogen and oxygen atoms in total. The van der Waals surface area contributed by atoms with Crippen molar-refractivity contribution >= 4 is 5.97 Å². The molecule has 0 aliphatic rings. The van der Waals surface area contributed by atoms with Crippen molar-refractivity contribution < 1.29 is 14.6 Å². The Morgan fingerprint density at radius 3 is 2.89 bits per heavy atom. The van der Waals surface area contributed by atoms with E-state index in [0.717, 1.165) is 13.0 Å². The summed E-state index contributed by atoms with van der Waals surface area (Å²) in [5.41, 5.74) is -0.0330. The average molecular weight is 269 g/mol. The van der Waals surface area contributed by atoms with E-state index in [4.69, 9.17) is 9.84 Å². The Kier molecular flexibility index (Phi) is 7.10. The van der Waals surface area contributed by atoms with Gasteiger partial charge in [0.15, 0.2) is 5.69 Å². The lowest BCUT2D eigenvalue weighted by Gasteiger charge is -2.14. The van der Waals surface area contributed by atoms with Gasteiger partial charge in [0.2, 0.25) is 0 Å². The van der Waals surface area contributed by atoms with Crippen molar-refractivity contribution in [1.29, 1.82) is 0 Å². The number of nitrogens with zero attached hydrogens (tertiary/aromatic N) is 3. The van der Waals surface area contributed by atoms with Crippen molar-refractivity contribution in [3.63, 3.8) is 0 Å². The molecule has 6 heteroatoms. The van der Waals surface area contributed by atoms with Crippen molar-refractivity contribution in [3.8, 4) is 0 Å². The number of unbranched alkanes of at least 4 members (excludes halogenated alkanes) is 1. The van der Waals surface area contributed by atoms with E-state index in [0.29, 0.717) is 19.1 Å². The highest BCUT2D eigenvalue weighted by Gasteiger charge is 2.08. The lowest BCUT2D eigenvalue weighted by molar-refractivity contribution is 0.0690. The fourth-order valence-corrected chi connectivity index (χ4v) is 1.81. The number of rotatable bonds is 10. The minimum Gasteiger partial charge on any atom is -0.476 e. The first kappa shape index (κ1) is 15.6. The van der Waals surface area contributed by atoms with Gasteiger partial charge in [0.1, 0.15) is 0 Å². The van der Waals surface area contributed by atoms with Crippen LogP contribution in [0.25, 0.3) is 0 Å². The van der Waals surface area contributed by atoms with Crippen molar-refractivity contribution in [2.24, 2.45) is 5.92 Å². The summed E-state index contributed by atoms with van der Waals surface area (Å²) in [4.78, 5) is 10.6. The Hall–Kier alpha value is -1.43. The molecule has 1 aromatic heterocycles. The minimum absolute atomic E-state index is 0.0330. The monoisotopic (exact) mass is 269 g/mol. The van der Waals surface area contributed by atoms with E-state index >= 15 is 0 Å². The molecule has 0 aromatic carbocycles. The van der Waals surface area contributed by atoms with E-state index in [-0.39, 0.29) is 5.69 Å². The third-order valence-electron chi connectivity index (χ3n) is 3.12. The van der Waals surface area contributed by atoms with E-state index < -0.39 is 5.97 Å². The molecule has 0 bridgehead atoms. The minimum atomic E-state index is -1.06. The highest BCUT2D eigenvalue weighted by atomic mass is 16.5. The van der Waals surface area contributed by atoms with Gasteiger partial charge in [-0.2, -0.15) is 0 Å². The van der Waals surface area contributed by atoms with Gasteiger partial charge in [-0.15, -0.1) is 5.10 Å². The molecule has 1 rings (SSSR count). The maximum atomic E-state index is 10.6. The molecule has 0 aliphatic heterocycles. The maximum absolute atomic E-state index is 10.6. The van der Waals surface area contributed by atoms with Crippen LogP contribution in [0, 0.1) is 5.92 Å². The maximum Gasteiger partial charge on any atom is 0.358 e. The van der Waals surface area contributed by atoms with E-state index in [9.17, 15) is 4.79 Å². The molecule has 1 aromatic rings. The first-order valence-corrected chi connectivity index (χ1v) is 6.88. The number of aromatic carboxylic acids is 1. The van der Waals surface area contributed by atoms with Crippen molar-refractivity contribution in [1.82, 2.24) is 15.0 Å². The van der Waals surface area contributed by atoms with Crippen molar-refractivity contribution in [2.75, 3.05) is 13.2 Å². The van der Waals surface area contributed by atoms with E-state index in [1.54, 1.807) is 0 Å². The van der Waals surface area contributed by atoms with Crippen LogP contribution in [0.15, 0.2) is 6.20 Å². The predicted molar refractivity (Wildman–Crippen MR) is 71.1 cm³/mol. The van der Waals surface area contributed by atoms with Crippen molar-refractivity contribution in [2.45, 2.75) is 46.1 Å². The largest absolute Gasteiger partial charge is 0.476 e. The average Bonchev–Trinajstić information content (AvgIpc) is 2.87. The molecule has 0 spiro atoms. The standard InChI is InChI=1S/C13H23N3O3/c1-3-5-6-11(4-2)10-19-8-7-16-9-12(13(17)18)14-15-16/h9,11H,3-8,10H2,1-2H3,(H,17,18).